The SMILES string of the molecule is Cc1ccc(C(=O)C(C)N2CCN(CC(C)C)CC2)cc1. The number of rotatable bonds is 5. The minimum Gasteiger partial charge on any atom is -0.301 e. The van der Waals surface area contributed by atoms with Crippen molar-refractivity contribution in [2.45, 2.75) is 33.7 Å². The minimum atomic E-state index is -0.0195. The number of carbonyl (C=O) groups is 1. The Balaban J connectivity index is 1.90. The lowest BCUT2D eigenvalue weighted by Crippen LogP contribution is -2.52. The third kappa shape index (κ3) is 4.39. The van der Waals surface area contributed by atoms with Crippen molar-refractivity contribution in [3.63, 3.8) is 0 Å². The molecule has 1 fully saturated rings. The van der Waals surface area contributed by atoms with Crippen molar-refractivity contribution in [2.24, 2.45) is 5.92 Å². The van der Waals surface area contributed by atoms with Gasteiger partial charge in [0.05, 0.1) is 6.04 Å². The summed E-state index contributed by atoms with van der Waals surface area (Å²) in [4.78, 5) is 17.4. The molecule has 0 bridgehead atoms. The molecule has 1 saturated heterocycles. The molecule has 1 aliphatic rings. The predicted molar refractivity (Wildman–Crippen MR) is 87.8 cm³/mol. The maximum absolute atomic E-state index is 12.6. The molecule has 3 heteroatoms. The van der Waals surface area contributed by atoms with Gasteiger partial charge in [-0.1, -0.05) is 43.7 Å². The van der Waals surface area contributed by atoms with Gasteiger partial charge in [0.1, 0.15) is 0 Å². The minimum absolute atomic E-state index is 0.0195. The van der Waals surface area contributed by atoms with E-state index in [9.17, 15) is 4.79 Å². The number of aryl methyl sites for hydroxylation is 1. The number of carbonyl (C=O) groups excluding carboxylic acids is 1. The van der Waals surface area contributed by atoms with Gasteiger partial charge in [0.2, 0.25) is 0 Å². The average molecular weight is 288 g/mol. The molecule has 0 N–H and O–H groups in total. The van der Waals surface area contributed by atoms with Crippen LogP contribution in [0.15, 0.2) is 24.3 Å². The molecule has 0 aromatic heterocycles. The second-order valence-corrected chi connectivity index (χ2v) is 6.64. The van der Waals surface area contributed by atoms with Crippen molar-refractivity contribution >= 4 is 5.78 Å². The van der Waals surface area contributed by atoms with Crippen LogP contribution in [-0.2, 0) is 0 Å². The van der Waals surface area contributed by atoms with Gasteiger partial charge in [-0.3, -0.25) is 9.69 Å². The molecule has 0 saturated carbocycles. The molecular formula is C18H28N2O. The van der Waals surface area contributed by atoms with Gasteiger partial charge in [-0.05, 0) is 19.8 Å². The highest BCUT2D eigenvalue weighted by Crippen LogP contribution is 2.13. The van der Waals surface area contributed by atoms with Crippen molar-refractivity contribution in [1.82, 2.24) is 9.80 Å². The summed E-state index contributed by atoms with van der Waals surface area (Å²) < 4.78 is 0. The van der Waals surface area contributed by atoms with E-state index < -0.39 is 0 Å². The Hall–Kier alpha value is -1.19. The van der Waals surface area contributed by atoms with Crippen LogP contribution in [0.3, 0.4) is 0 Å². The van der Waals surface area contributed by atoms with Gasteiger partial charge in [-0.25, -0.2) is 0 Å². The van der Waals surface area contributed by atoms with E-state index in [4.69, 9.17) is 0 Å². The van der Waals surface area contributed by atoms with E-state index in [0.717, 1.165) is 38.3 Å². The van der Waals surface area contributed by atoms with Crippen LogP contribution in [-0.4, -0.2) is 54.3 Å². The van der Waals surface area contributed by atoms with E-state index in [-0.39, 0.29) is 11.8 Å². The summed E-state index contributed by atoms with van der Waals surface area (Å²) in [6.07, 6.45) is 0. The maximum Gasteiger partial charge on any atom is 0.179 e. The summed E-state index contributed by atoms with van der Waals surface area (Å²) in [5, 5.41) is 0. The number of hydrogen-bond donors (Lipinski definition) is 0. The van der Waals surface area contributed by atoms with E-state index in [1.54, 1.807) is 0 Å². The monoisotopic (exact) mass is 288 g/mol. The van der Waals surface area contributed by atoms with Crippen molar-refractivity contribution in [2.75, 3.05) is 32.7 Å². The van der Waals surface area contributed by atoms with E-state index in [0.29, 0.717) is 5.92 Å². The maximum atomic E-state index is 12.6. The predicted octanol–water partition coefficient (Wildman–Crippen LogP) is 2.84. The Bertz CT molecular complexity index is 459. The highest BCUT2D eigenvalue weighted by Gasteiger charge is 2.26. The molecule has 1 unspecified atom stereocenters. The highest BCUT2D eigenvalue weighted by molar-refractivity contribution is 5.99. The zero-order chi connectivity index (χ0) is 15.4. The van der Waals surface area contributed by atoms with E-state index in [1.807, 2.05) is 38.1 Å². The van der Waals surface area contributed by atoms with Crippen LogP contribution in [0.25, 0.3) is 0 Å². The standard InChI is InChI=1S/C18H28N2O/c1-14(2)13-19-9-11-20(12-10-19)16(4)18(21)17-7-5-15(3)6-8-17/h5-8,14,16H,9-13H2,1-4H3. The first kappa shape index (κ1) is 16.2. The van der Waals surface area contributed by atoms with Crippen LogP contribution in [0.1, 0.15) is 36.7 Å². The van der Waals surface area contributed by atoms with Gasteiger partial charge < -0.3 is 4.90 Å². The Morgan fingerprint density at radius 1 is 1.05 bits per heavy atom. The molecule has 1 heterocycles. The molecule has 0 amide bonds. The van der Waals surface area contributed by atoms with Crippen molar-refractivity contribution in [3.8, 4) is 0 Å². The van der Waals surface area contributed by atoms with Gasteiger partial charge in [0, 0.05) is 38.3 Å². The number of hydrogen-bond acceptors (Lipinski definition) is 3. The summed E-state index contributed by atoms with van der Waals surface area (Å²) in [6.45, 7) is 13.9. The van der Waals surface area contributed by atoms with Crippen LogP contribution < -0.4 is 0 Å². The first-order valence-corrected chi connectivity index (χ1v) is 8.04. The van der Waals surface area contributed by atoms with E-state index in [1.165, 1.54) is 5.56 Å². The molecule has 0 spiro atoms. The Labute approximate surface area is 128 Å². The van der Waals surface area contributed by atoms with Crippen LogP contribution >= 0.6 is 0 Å². The number of Topliss-reactive ketones (excluding diaryl/α,β-unsaturated/α-hetero) is 1. The molecule has 1 atom stereocenters. The normalized spacial score (nSPS) is 18.9. The third-order valence-electron chi connectivity index (χ3n) is 4.29. The zero-order valence-electron chi connectivity index (χ0n) is 13.8. The Kier molecular flexibility index (Phi) is 5.54. The highest BCUT2D eigenvalue weighted by atomic mass is 16.1. The molecule has 0 radical (unpaired) electrons. The third-order valence-corrected chi connectivity index (χ3v) is 4.29. The lowest BCUT2D eigenvalue weighted by molar-refractivity contribution is 0.0679. The van der Waals surface area contributed by atoms with Crippen LogP contribution in [0.5, 0.6) is 0 Å². The molecule has 21 heavy (non-hydrogen) atoms. The fourth-order valence-electron chi connectivity index (χ4n) is 2.97. The average Bonchev–Trinajstić information content (AvgIpc) is 2.47. The van der Waals surface area contributed by atoms with Crippen LogP contribution in [0, 0.1) is 12.8 Å². The molecule has 0 aliphatic carbocycles. The first-order valence-electron chi connectivity index (χ1n) is 8.04. The quantitative estimate of drug-likeness (QED) is 0.778. The number of ketones is 1. The van der Waals surface area contributed by atoms with Crippen molar-refractivity contribution in [1.29, 1.82) is 0 Å². The smallest absolute Gasteiger partial charge is 0.179 e. The molecular weight excluding hydrogens is 260 g/mol. The Morgan fingerprint density at radius 2 is 1.62 bits per heavy atom. The van der Waals surface area contributed by atoms with Gasteiger partial charge in [0.25, 0.3) is 0 Å². The largest absolute Gasteiger partial charge is 0.301 e. The summed E-state index contributed by atoms with van der Waals surface area (Å²) in [7, 11) is 0. The molecule has 1 aromatic carbocycles. The fraction of sp³-hybridized carbons (Fsp3) is 0.611. The summed E-state index contributed by atoms with van der Waals surface area (Å²) in [6, 6.07) is 7.90. The molecule has 116 valence electrons. The summed E-state index contributed by atoms with van der Waals surface area (Å²) >= 11 is 0. The van der Waals surface area contributed by atoms with E-state index >= 15 is 0 Å². The van der Waals surface area contributed by atoms with Crippen LogP contribution in [0.2, 0.25) is 0 Å². The Morgan fingerprint density at radius 3 is 2.14 bits per heavy atom. The first-order chi connectivity index (χ1) is 9.97. The van der Waals surface area contributed by atoms with Gasteiger partial charge >= 0.3 is 0 Å². The summed E-state index contributed by atoms with van der Waals surface area (Å²) in [5.74, 6) is 0.954. The number of nitrogens with zero attached hydrogens (tertiary/aromatic N) is 2. The van der Waals surface area contributed by atoms with Crippen LogP contribution in [0.4, 0.5) is 0 Å². The number of piperazine rings is 1. The topological polar surface area (TPSA) is 23.6 Å². The lowest BCUT2D eigenvalue weighted by atomic mass is 10.0. The van der Waals surface area contributed by atoms with Crippen molar-refractivity contribution < 1.29 is 4.79 Å². The van der Waals surface area contributed by atoms with Crippen molar-refractivity contribution in [3.05, 3.63) is 35.4 Å². The second-order valence-electron chi connectivity index (χ2n) is 6.64. The van der Waals surface area contributed by atoms with Gasteiger partial charge in [-0.2, -0.15) is 0 Å². The molecule has 1 aliphatic heterocycles. The fourth-order valence-corrected chi connectivity index (χ4v) is 2.97. The number of benzene rings is 1. The summed E-state index contributed by atoms with van der Waals surface area (Å²) in [5.41, 5.74) is 2.03. The zero-order valence-corrected chi connectivity index (χ0v) is 13.8. The lowest BCUT2D eigenvalue weighted by Gasteiger charge is -2.38. The van der Waals surface area contributed by atoms with E-state index in [2.05, 4.69) is 23.6 Å². The van der Waals surface area contributed by atoms with Gasteiger partial charge in [0.15, 0.2) is 5.78 Å². The van der Waals surface area contributed by atoms with Gasteiger partial charge in [-0.15, -0.1) is 0 Å². The molecule has 1 aromatic rings. The molecule has 3 nitrogen and oxygen atoms in total. The second kappa shape index (κ2) is 7.19. The molecule has 2 rings (SSSR count).